The summed E-state index contributed by atoms with van der Waals surface area (Å²) in [7, 11) is 1.47. The van der Waals surface area contributed by atoms with Gasteiger partial charge in [0.15, 0.2) is 0 Å². The second-order valence-corrected chi connectivity index (χ2v) is 16.0. The average molecular weight is 464 g/mol. The zero-order chi connectivity index (χ0) is 14.6. The van der Waals surface area contributed by atoms with Gasteiger partial charge in [0.05, 0.1) is 0 Å². The Kier molecular flexibility index (Phi) is 4.93. The minimum atomic E-state index is -2.49. The van der Waals surface area contributed by atoms with Crippen molar-refractivity contribution in [1.82, 2.24) is 0 Å². The van der Waals surface area contributed by atoms with E-state index >= 15 is 0 Å². The number of ether oxygens (including phenoxy) is 1. The van der Waals surface area contributed by atoms with Crippen LogP contribution in [0, 0.1) is 0 Å². The molecular formula is C17H19BiO2. The van der Waals surface area contributed by atoms with Crippen LogP contribution in [0.4, 0.5) is 0 Å². The number of rotatable bonds is 4. The van der Waals surface area contributed by atoms with Crippen LogP contribution in [0.15, 0.2) is 60.7 Å². The molecule has 2 aromatic rings. The normalized spacial score (nSPS) is 11.4. The number of hydrogen-bond donors (Lipinski definition) is 0. The Balaban J connectivity index is 2.54. The molecule has 0 spiro atoms. The molecule has 0 aliphatic carbocycles. The molecule has 2 nitrogen and oxygen atoms in total. The summed E-state index contributed by atoms with van der Waals surface area (Å²) in [6.07, 6.45) is 0. The molecule has 0 atom stereocenters. The molecule has 0 aromatic heterocycles. The first-order valence-electron chi connectivity index (χ1n) is 6.56. The molecule has 0 radical (unpaired) electrons. The fourth-order valence-corrected chi connectivity index (χ4v) is 13.2. The Labute approximate surface area is 128 Å². The maximum absolute atomic E-state index is 12.3. The van der Waals surface area contributed by atoms with Crippen LogP contribution in [0.5, 0.6) is 0 Å². The molecule has 0 saturated heterocycles. The quantitative estimate of drug-likeness (QED) is 0.513. The molecule has 2 rings (SSSR count). The molecular weight excluding hydrogens is 445 g/mol. The monoisotopic (exact) mass is 464 g/mol. The van der Waals surface area contributed by atoms with Crippen molar-refractivity contribution in [2.75, 3.05) is 7.11 Å². The van der Waals surface area contributed by atoms with Gasteiger partial charge in [0.25, 0.3) is 0 Å². The van der Waals surface area contributed by atoms with Gasteiger partial charge in [-0.3, -0.25) is 0 Å². The van der Waals surface area contributed by atoms with Crippen LogP contribution < -0.4 is 6.54 Å². The Hall–Kier alpha value is -1.21. The van der Waals surface area contributed by atoms with Gasteiger partial charge < -0.3 is 0 Å². The first-order chi connectivity index (χ1) is 9.57. The van der Waals surface area contributed by atoms with Crippen LogP contribution in [-0.4, -0.2) is 34.8 Å². The Morgan fingerprint density at radius 1 is 0.900 bits per heavy atom. The molecule has 20 heavy (non-hydrogen) atoms. The van der Waals surface area contributed by atoms with E-state index in [9.17, 15) is 4.79 Å². The molecule has 0 N–H and O–H groups in total. The van der Waals surface area contributed by atoms with Crippen molar-refractivity contribution < 1.29 is 9.53 Å². The number of carbonyl (C=O) groups excluding carboxylic acids is 1. The molecule has 0 unspecified atom stereocenters. The topological polar surface area (TPSA) is 26.3 Å². The van der Waals surface area contributed by atoms with E-state index in [4.69, 9.17) is 4.74 Å². The van der Waals surface area contributed by atoms with Gasteiger partial charge in [-0.15, -0.1) is 0 Å². The Morgan fingerprint density at radius 2 is 1.30 bits per heavy atom. The third kappa shape index (κ3) is 3.09. The summed E-state index contributed by atoms with van der Waals surface area (Å²) in [6.45, 7) is 4.05. The average Bonchev–Trinajstić information content (AvgIpc) is 2.48. The van der Waals surface area contributed by atoms with E-state index in [1.807, 2.05) is 50.2 Å². The second-order valence-electron chi connectivity index (χ2n) is 5.06. The van der Waals surface area contributed by atoms with Crippen LogP contribution in [0.25, 0.3) is 0 Å². The summed E-state index contributed by atoms with van der Waals surface area (Å²) in [5.74, 6) is -0.108. The molecule has 0 heterocycles. The van der Waals surface area contributed by atoms with Crippen molar-refractivity contribution in [3.8, 4) is 0 Å². The number of methoxy groups -OCH3 is 1. The molecule has 0 saturated carbocycles. The second kappa shape index (κ2) is 6.50. The molecule has 0 bridgehead atoms. The van der Waals surface area contributed by atoms with Crippen molar-refractivity contribution >= 4 is 34.3 Å². The Morgan fingerprint density at radius 3 is 1.65 bits per heavy atom. The van der Waals surface area contributed by atoms with E-state index in [2.05, 4.69) is 24.3 Å². The van der Waals surface area contributed by atoms with E-state index in [0.29, 0.717) is 0 Å². The third-order valence-electron chi connectivity index (χ3n) is 3.27. The van der Waals surface area contributed by atoms with Gasteiger partial charge in [-0.25, -0.2) is 0 Å². The predicted octanol–water partition coefficient (Wildman–Crippen LogP) is 2.25. The van der Waals surface area contributed by atoms with Gasteiger partial charge in [-0.2, -0.15) is 0 Å². The SMILES string of the molecule is COC(=O)[C](C)(C)[Bi]([c]1ccccc1)[c]1ccccc1. The summed E-state index contributed by atoms with van der Waals surface area (Å²) in [5.41, 5.74) is 0. The summed E-state index contributed by atoms with van der Waals surface area (Å²) in [5, 5.41) is 0. The van der Waals surface area contributed by atoms with E-state index in [1.54, 1.807) is 0 Å². The van der Waals surface area contributed by atoms with E-state index in [0.717, 1.165) is 0 Å². The third-order valence-corrected chi connectivity index (χ3v) is 14.7. The van der Waals surface area contributed by atoms with Gasteiger partial charge in [-0.05, 0) is 0 Å². The molecule has 0 fully saturated rings. The van der Waals surface area contributed by atoms with Crippen LogP contribution >= 0.6 is 0 Å². The molecule has 2 aromatic carbocycles. The summed E-state index contributed by atoms with van der Waals surface area (Å²) in [4.78, 5) is 12.3. The van der Waals surface area contributed by atoms with Crippen LogP contribution in [0.1, 0.15) is 13.8 Å². The Bertz CT molecular complexity index is 525. The number of benzene rings is 2. The van der Waals surface area contributed by atoms with Gasteiger partial charge in [0, 0.05) is 0 Å². The van der Waals surface area contributed by atoms with Crippen molar-refractivity contribution in [1.29, 1.82) is 0 Å². The summed E-state index contributed by atoms with van der Waals surface area (Å²) in [6, 6.07) is 20.8. The maximum atomic E-state index is 12.3. The van der Waals surface area contributed by atoms with Crippen molar-refractivity contribution in [3.05, 3.63) is 60.7 Å². The standard InChI is InChI=1S/2C6H5.C5H9O2.Bi/c2*1-2-4-6-5-3-1;1-4(2)5(6)7-3;/h2*1-5H;1-3H3;. The zero-order valence-electron chi connectivity index (χ0n) is 12.0. The van der Waals surface area contributed by atoms with Crippen molar-refractivity contribution in [2.24, 2.45) is 0 Å². The van der Waals surface area contributed by atoms with Crippen molar-refractivity contribution in [3.63, 3.8) is 0 Å². The van der Waals surface area contributed by atoms with Crippen LogP contribution in [0.2, 0.25) is 3.12 Å². The van der Waals surface area contributed by atoms with E-state index in [-0.39, 0.29) is 5.97 Å². The zero-order valence-corrected chi connectivity index (χ0v) is 15.5. The molecule has 0 aliphatic heterocycles. The van der Waals surface area contributed by atoms with Crippen LogP contribution in [0.3, 0.4) is 0 Å². The molecule has 0 aliphatic rings. The number of hydrogen-bond acceptors (Lipinski definition) is 2. The number of carbonyl (C=O) groups is 1. The van der Waals surface area contributed by atoms with Gasteiger partial charge in [0.2, 0.25) is 0 Å². The predicted molar refractivity (Wildman–Crippen MR) is 84.0 cm³/mol. The van der Waals surface area contributed by atoms with Gasteiger partial charge in [0.1, 0.15) is 0 Å². The fraction of sp³-hybridized carbons (Fsp3) is 0.235. The minimum absolute atomic E-state index is 0.108. The van der Waals surface area contributed by atoms with E-state index < -0.39 is 24.9 Å². The van der Waals surface area contributed by atoms with Gasteiger partial charge >= 0.3 is 129 Å². The first kappa shape index (κ1) is 15.2. The molecule has 3 heteroatoms. The fourth-order valence-electron chi connectivity index (χ4n) is 2.29. The number of esters is 1. The molecule has 0 amide bonds. The van der Waals surface area contributed by atoms with Crippen LogP contribution in [-0.2, 0) is 9.53 Å². The molecule has 104 valence electrons. The van der Waals surface area contributed by atoms with Gasteiger partial charge in [-0.1, -0.05) is 0 Å². The first-order valence-corrected chi connectivity index (χ1v) is 11.8. The van der Waals surface area contributed by atoms with Crippen molar-refractivity contribution in [2.45, 2.75) is 17.0 Å². The summed E-state index contributed by atoms with van der Waals surface area (Å²) >= 11 is -2.49. The van der Waals surface area contributed by atoms with E-state index in [1.165, 1.54) is 13.7 Å². The summed E-state index contributed by atoms with van der Waals surface area (Å²) < 4.78 is 7.27.